The Labute approximate surface area is 126 Å². The van der Waals surface area contributed by atoms with E-state index in [4.69, 9.17) is 9.47 Å². The molecule has 6 heteroatoms. The molecule has 1 aliphatic rings. The van der Waals surface area contributed by atoms with Crippen molar-refractivity contribution in [2.45, 2.75) is 65.2 Å². The maximum Gasteiger partial charge on any atom is 0.407 e. The molecule has 0 unspecified atom stereocenters. The van der Waals surface area contributed by atoms with Crippen molar-refractivity contribution in [3.63, 3.8) is 0 Å². The van der Waals surface area contributed by atoms with E-state index < -0.39 is 35.7 Å². The molecule has 3 atom stereocenters. The number of amides is 1. The first kappa shape index (κ1) is 17.8. The number of ether oxygens (including phenoxy) is 2. The Kier molecular flexibility index (Phi) is 6.01. The molecule has 0 aromatic carbocycles. The molecule has 0 radical (unpaired) electrons. The second-order valence-electron chi connectivity index (χ2n) is 6.94. The highest BCUT2D eigenvalue weighted by atomic mass is 16.6. The number of aliphatic hydroxyl groups is 1. The van der Waals surface area contributed by atoms with Gasteiger partial charge in [-0.15, -0.1) is 0 Å². The molecule has 21 heavy (non-hydrogen) atoms. The van der Waals surface area contributed by atoms with Gasteiger partial charge in [0.2, 0.25) is 0 Å². The lowest BCUT2D eigenvalue weighted by atomic mass is 9.90. The van der Waals surface area contributed by atoms with E-state index in [1.54, 1.807) is 20.8 Å². The van der Waals surface area contributed by atoms with Crippen LogP contribution in [-0.4, -0.2) is 41.5 Å². The molecule has 2 N–H and O–H groups in total. The van der Waals surface area contributed by atoms with Crippen LogP contribution in [0.1, 0.15) is 47.5 Å². The van der Waals surface area contributed by atoms with Gasteiger partial charge in [-0.1, -0.05) is 13.8 Å². The summed E-state index contributed by atoms with van der Waals surface area (Å²) in [5.74, 6) is -0.719. The van der Waals surface area contributed by atoms with Crippen LogP contribution in [0.5, 0.6) is 0 Å². The third-order valence-electron chi connectivity index (χ3n) is 3.23. The van der Waals surface area contributed by atoms with Crippen LogP contribution in [0.25, 0.3) is 0 Å². The molecular formula is C15H27NO5. The van der Waals surface area contributed by atoms with Gasteiger partial charge in [0, 0.05) is 0 Å². The Morgan fingerprint density at radius 2 is 2.10 bits per heavy atom. The van der Waals surface area contributed by atoms with Crippen molar-refractivity contribution < 1.29 is 24.2 Å². The zero-order valence-electron chi connectivity index (χ0n) is 13.5. The summed E-state index contributed by atoms with van der Waals surface area (Å²) in [5.41, 5.74) is -0.607. The van der Waals surface area contributed by atoms with E-state index >= 15 is 0 Å². The SMILES string of the molecule is CC(C)C[C@H](NC(=O)OC(C)(C)C)[C@H](O)[C@@H]1CCOC1=O. The van der Waals surface area contributed by atoms with E-state index in [2.05, 4.69) is 5.32 Å². The molecule has 1 fully saturated rings. The fourth-order valence-corrected chi connectivity index (χ4v) is 2.35. The van der Waals surface area contributed by atoms with Gasteiger partial charge in [-0.3, -0.25) is 4.79 Å². The van der Waals surface area contributed by atoms with Gasteiger partial charge in [0.05, 0.1) is 24.7 Å². The van der Waals surface area contributed by atoms with Crippen molar-refractivity contribution in [2.75, 3.05) is 6.61 Å². The molecule has 1 heterocycles. The first-order valence-corrected chi connectivity index (χ1v) is 7.44. The van der Waals surface area contributed by atoms with E-state index in [1.807, 2.05) is 13.8 Å². The van der Waals surface area contributed by atoms with Crippen molar-refractivity contribution in [1.29, 1.82) is 0 Å². The molecule has 6 nitrogen and oxygen atoms in total. The number of hydrogen-bond donors (Lipinski definition) is 2. The maximum atomic E-state index is 11.9. The fourth-order valence-electron chi connectivity index (χ4n) is 2.35. The molecule has 122 valence electrons. The average Bonchev–Trinajstić information content (AvgIpc) is 2.70. The standard InChI is InChI=1S/C15H27NO5/c1-9(2)8-11(16-14(19)21-15(3,4)5)12(17)10-6-7-20-13(10)18/h9-12,17H,6-8H2,1-5H3,(H,16,19)/t10-,11-,12+/m0/s1. The summed E-state index contributed by atoms with van der Waals surface area (Å²) in [4.78, 5) is 23.5. The molecule has 0 aromatic rings. The zero-order chi connectivity index (χ0) is 16.2. The van der Waals surface area contributed by atoms with Crippen molar-refractivity contribution in [3.8, 4) is 0 Å². The number of cyclic esters (lactones) is 1. The predicted molar refractivity (Wildman–Crippen MR) is 77.7 cm³/mol. The largest absolute Gasteiger partial charge is 0.465 e. The maximum absolute atomic E-state index is 11.9. The summed E-state index contributed by atoms with van der Waals surface area (Å²) in [5, 5.41) is 13.1. The van der Waals surface area contributed by atoms with Gasteiger partial charge in [0.1, 0.15) is 5.60 Å². The van der Waals surface area contributed by atoms with Gasteiger partial charge in [-0.05, 0) is 39.5 Å². The third kappa shape index (κ3) is 5.91. The number of carbonyl (C=O) groups excluding carboxylic acids is 2. The summed E-state index contributed by atoms with van der Waals surface area (Å²) >= 11 is 0. The highest BCUT2D eigenvalue weighted by Crippen LogP contribution is 2.23. The lowest BCUT2D eigenvalue weighted by molar-refractivity contribution is -0.144. The highest BCUT2D eigenvalue weighted by molar-refractivity contribution is 5.75. The number of nitrogens with one attached hydrogen (secondary N) is 1. The summed E-state index contributed by atoms with van der Waals surface area (Å²) in [7, 11) is 0. The Morgan fingerprint density at radius 3 is 2.52 bits per heavy atom. The van der Waals surface area contributed by atoms with Gasteiger partial charge in [0.25, 0.3) is 0 Å². The first-order valence-electron chi connectivity index (χ1n) is 7.44. The summed E-state index contributed by atoms with van der Waals surface area (Å²) in [6.45, 7) is 9.62. The van der Waals surface area contributed by atoms with Crippen LogP contribution in [0, 0.1) is 11.8 Å². The van der Waals surface area contributed by atoms with E-state index in [-0.39, 0.29) is 5.92 Å². The molecule has 1 saturated heterocycles. The minimum atomic E-state index is -0.963. The van der Waals surface area contributed by atoms with Crippen LogP contribution >= 0.6 is 0 Å². The fraction of sp³-hybridized carbons (Fsp3) is 0.867. The van der Waals surface area contributed by atoms with Crippen LogP contribution in [0.4, 0.5) is 4.79 Å². The minimum Gasteiger partial charge on any atom is -0.465 e. The van der Waals surface area contributed by atoms with Gasteiger partial charge in [-0.25, -0.2) is 4.79 Å². The molecule has 1 rings (SSSR count). The van der Waals surface area contributed by atoms with Gasteiger partial charge in [-0.2, -0.15) is 0 Å². The summed E-state index contributed by atoms with van der Waals surface area (Å²) in [6.07, 6.45) is -0.511. The highest BCUT2D eigenvalue weighted by Gasteiger charge is 2.38. The van der Waals surface area contributed by atoms with Crippen molar-refractivity contribution in [1.82, 2.24) is 5.32 Å². The molecular weight excluding hydrogens is 274 g/mol. The Bertz CT molecular complexity index is 375. The lowest BCUT2D eigenvalue weighted by Gasteiger charge is -2.29. The second kappa shape index (κ2) is 7.11. The number of alkyl carbamates (subject to hydrolysis) is 1. The van der Waals surface area contributed by atoms with E-state index in [0.29, 0.717) is 19.4 Å². The molecule has 1 amide bonds. The van der Waals surface area contributed by atoms with Crippen LogP contribution in [0.2, 0.25) is 0 Å². The van der Waals surface area contributed by atoms with E-state index in [1.165, 1.54) is 0 Å². The zero-order valence-corrected chi connectivity index (χ0v) is 13.5. The number of aliphatic hydroxyl groups excluding tert-OH is 1. The number of rotatable bonds is 5. The Morgan fingerprint density at radius 1 is 1.48 bits per heavy atom. The number of hydrogen-bond acceptors (Lipinski definition) is 5. The van der Waals surface area contributed by atoms with E-state index in [9.17, 15) is 14.7 Å². The second-order valence-corrected chi connectivity index (χ2v) is 6.94. The first-order chi connectivity index (χ1) is 9.60. The normalized spacial score (nSPS) is 21.9. The molecule has 0 saturated carbocycles. The summed E-state index contributed by atoms with van der Waals surface area (Å²) < 4.78 is 10.1. The minimum absolute atomic E-state index is 0.261. The van der Waals surface area contributed by atoms with Crippen LogP contribution in [0.3, 0.4) is 0 Å². The molecule has 0 aromatic heterocycles. The topological polar surface area (TPSA) is 84.9 Å². The predicted octanol–water partition coefficient (Wildman–Crippen LogP) is 1.85. The van der Waals surface area contributed by atoms with Crippen molar-refractivity contribution in [3.05, 3.63) is 0 Å². The van der Waals surface area contributed by atoms with Crippen molar-refractivity contribution in [2.24, 2.45) is 11.8 Å². The molecule has 0 aliphatic carbocycles. The molecule has 0 bridgehead atoms. The number of esters is 1. The molecule has 1 aliphatic heterocycles. The van der Waals surface area contributed by atoms with E-state index in [0.717, 1.165) is 0 Å². The van der Waals surface area contributed by atoms with Crippen molar-refractivity contribution >= 4 is 12.1 Å². The average molecular weight is 301 g/mol. The third-order valence-corrected chi connectivity index (χ3v) is 3.23. The quantitative estimate of drug-likeness (QED) is 0.757. The van der Waals surface area contributed by atoms with Gasteiger partial charge in [0.15, 0.2) is 0 Å². The Balaban J connectivity index is 2.70. The van der Waals surface area contributed by atoms with Crippen LogP contribution in [-0.2, 0) is 14.3 Å². The van der Waals surface area contributed by atoms with Gasteiger partial charge >= 0.3 is 12.1 Å². The lowest BCUT2D eigenvalue weighted by Crippen LogP contribution is -2.49. The van der Waals surface area contributed by atoms with Gasteiger partial charge < -0.3 is 19.9 Å². The number of carbonyl (C=O) groups is 2. The summed E-state index contributed by atoms with van der Waals surface area (Å²) in [6, 6.07) is -0.532. The van der Waals surface area contributed by atoms with Crippen LogP contribution in [0.15, 0.2) is 0 Å². The Hall–Kier alpha value is -1.30. The van der Waals surface area contributed by atoms with Crippen LogP contribution < -0.4 is 5.32 Å². The monoisotopic (exact) mass is 301 g/mol. The smallest absolute Gasteiger partial charge is 0.407 e. The molecule has 0 spiro atoms.